The van der Waals surface area contributed by atoms with Crippen molar-refractivity contribution in [3.8, 4) is 22.3 Å². The molecule has 0 aliphatic heterocycles. The molecule has 0 atom stereocenters. The van der Waals surface area contributed by atoms with Crippen LogP contribution in [-0.4, -0.2) is 23.1 Å². The number of halogens is 4. The van der Waals surface area contributed by atoms with Gasteiger partial charge in [0.1, 0.15) is 9.97 Å². The lowest BCUT2D eigenvalue weighted by Gasteiger charge is -2.20. The summed E-state index contributed by atoms with van der Waals surface area (Å²) in [5, 5.41) is 3.88. The molecule has 0 bridgehead atoms. The Balaban J connectivity index is 1.33. The van der Waals surface area contributed by atoms with E-state index in [1.165, 1.54) is 10.6 Å². The van der Waals surface area contributed by atoms with E-state index in [1.54, 1.807) is 82.3 Å². The van der Waals surface area contributed by atoms with Crippen LogP contribution in [-0.2, 0) is 29.2 Å². The lowest BCUT2D eigenvalue weighted by molar-refractivity contribution is -0.139. The smallest absolute Gasteiger partial charge is 0.359 e. The number of pyridine rings is 2. The summed E-state index contributed by atoms with van der Waals surface area (Å²) in [5.74, 6) is 0.827. The molecule has 2 aromatic carbocycles. The first-order chi connectivity index (χ1) is 24.1. The summed E-state index contributed by atoms with van der Waals surface area (Å²) in [7, 11) is -4.10. The largest absolute Gasteiger partial charge is 0.434 e. The van der Waals surface area contributed by atoms with Crippen molar-refractivity contribution in [2.45, 2.75) is 63.9 Å². The van der Waals surface area contributed by atoms with Crippen molar-refractivity contribution in [1.29, 1.82) is 0 Å². The molecule has 0 amide bonds. The second-order valence-corrected chi connectivity index (χ2v) is 16.5. The monoisotopic (exact) mass is 752 g/mol. The Morgan fingerprint density at radius 3 is 2.37 bits per heavy atom. The van der Waals surface area contributed by atoms with Gasteiger partial charge in [-0.15, -0.1) is 11.3 Å². The molecule has 7 rings (SSSR count). The highest BCUT2D eigenvalue weighted by Crippen LogP contribution is 2.42. The number of aryl methyl sites for hydroxylation is 3. The van der Waals surface area contributed by atoms with E-state index in [9.17, 15) is 26.4 Å². The standard InChI is InChI=1S/C37H32ClF3N4O4S2/c1-19-7-5-6-8-26(19)28-17-32(46)45(31-16-25(14-23-9-10-23)42-34(33(28)31)37(39,40)41)18-24-11-12-27(30(38)15-24)29-13-20(2)50-36(29)51(47,48)44-35-21(3)22(4)49-43-35/h5-8,11-13,15-17,23H,9-10,14,18H2,1-4H3,(H,43,44). The molecule has 1 aliphatic rings. The average Bonchev–Trinajstić information content (AvgIpc) is 3.71. The summed E-state index contributed by atoms with van der Waals surface area (Å²) in [5.41, 5.74) is 2.21. The number of hydrogen-bond acceptors (Lipinski definition) is 7. The highest BCUT2D eigenvalue weighted by atomic mass is 35.5. The molecule has 51 heavy (non-hydrogen) atoms. The van der Waals surface area contributed by atoms with Gasteiger partial charge in [0.25, 0.3) is 15.6 Å². The second kappa shape index (κ2) is 12.9. The third kappa shape index (κ3) is 6.82. The van der Waals surface area contributed by atoms with Gasteiger partial charge in [-0.05, 0) is 93.3 Å². The number of hydrogen-bond donors (Lipinski definition) is 1. The fourth-order valence-electron chi connectivity index (χ4n) is 6.26. The van der Waals surface area contributed by atoms with E-state index >= 15 is 0 Å². The van der Waals surface area contributed by atoms with E-state index in [1.807, 2.05) is 0 Å². The highest BCUT2D eigenvalue weighted by molar-refractivity contribution is 7.94. The number of sulfonamides is 1. The molecule has 14 heteroatoms. The van der Waals surface area contributed by atoms with Gasteiger partial charge < -0.3 is 9.09 Å². The summed E-state index contributed by atoms with van der Waals surface area (Å²) in [4.78, 5) is 18.8. The summed E-state index contributed by atoms with van der Waals surface area (Å²) >= 11 is 7.89. The molecule has 4 heterocycles. The maximum atomic E-state index is 14.8. The Morgan fingerprint density at radius 1 is 0.980 bits per heavy atom. The molecule has 0 spiro atoms. The molecule has 1 N–H and O–H groups in total. The Hall–Kier alpha value is -4.46. The van der Waals surface area contributed by atoms with E-state index in [0.717, 1.165) is 34.6 Å². The van der Waals surface area contributed by atoms with E-state index in [4.69, 9.17) is 16.1 Å². The van der Waals surface area contributed by atoms with E-state index < -0.39 is 27.5 Å². The van der Waals surface area contributed by atoms with Crippen LogP contribution in [0.2, 0.25) is 5.02 Å². The first kappa shape index (κ1) is 35.0. The number of anilines is 1. The van der Waals surface area contributed by atoms with Crippen LogP contribution in [0, 0.1) is 33.6 Å². The number of aromatic nitrogens is 3. The first-order valence-corrected chi connectivity index (χ1v) is 18.8. The fraction of sp³-hybridized carbons (Fsp3) is 0.270. The number of fused-ring (bicyclic) bond motifs is 1. The van der Waals surface area contributed by atoms with Gasteiger partial charge in [0.05, 0.1) is 12.1 Å². The minimum Gasteiger partial charge on any atom is -0.359 e. The van der Waals surface area contributed by atoms with Gasteiger partial charge in [-0.1, -0.05) is 53.2 Å². The Bertz CT molecular complexity index is 2520. The van der Waals surface area contributed by atoms with Gasteiger partial charge in [0, 0.05) is 43.7 Å². The second-order valence-electron chi connectivity index (χ2n) is 13.0. The van der Waals surface area contributed by atoms with Gasteiger partial charge >= 0.3 is 6.18 Å². The molecule has 0 saturated heterocycles. The van der Waals surface area contributed by atoms with Crippen LogP contribution in [0.1, 0.15) is 51.6 Å². The van der Waals surface area contributed by atoms with Gasteiger partial charge in [0.15, 0.2) is 11.5 Å². The average molecular weight is 753 g/mol. The van der Waals surface area contributed by atoms with Crippen molar-refractivity contribution >= 4 is 49.7 Å². The van der Waals surface area contributed by atoms with Gasteiger partial charge in [0.2, 0.25) is 0 Å². The fourth-order valence-corrected chi connectivity index (χ4v) is 9.26. The van der Waals surface area contributed by atoms with Crippen molar-refractivity contribution in [3.63, 3.8) is 0 Å². The van der Waals surface area contributed by atoms with Gasteiger partial charge in [-0.3, -0.25) is 9.52 Å². The number of benzene rings is 2. The van der Waals surface area contributed by atoms with Crippen molar-refractivity contribution in [1.82, 2.24) is 14.7 Å². The lowest BCUT2D eigenvalue weighted by Crippen LogP contribution is -2.23. The van der Waals surface area contributed by atoms with Crippen LogP contribution in [0.5, 0.6) is 0 Å². The van der Waals surface area contributed by atoms with Crippen LogP contribution in [0.4, 0.5) is 19.0 Å². The molecule has 1 saturated carbocycles. The van der Waals surface area contributed by atoms with Crippen LogP contribution in [0.3, 0.4) is 0 Å². The number of nitrogens with one attached hydrogen (secondary N) is 1. The van der Waals surface area contributed by atoms with Gasteiger partial charge in [-0.2, -0.15) is 13.2 Å². The molecule has 8 nitrogen and oxygen atoms in total. The topological polar surface area (TPSA) is 107 Å². The molecule has 0 radical (unpaired) electrons. The third-order valence-electron chi connectivity index (χ3n) is 9.16. The third-order valence-corrected chi connectivity index (χ3v) is 12.4. The van der Waals surface area contributed by atoms with Gasteiger partial charge in [-0.25, -0.2) is 13.4 Å². The molecule has 1 aliphatic carbocycles. The normalized spacial score (nSPS) is 13.6. The van der Waals surface area contributed by atoms with Crippen LogP contribution < -0.4 is 10.3 Å². The lowest BCUT2D eigenvalue weighted by atomic mass is 9.95. The Labute approximate surface area is 301 Å². The number of alkyl halides is 3. The predicted molar refractivity (Wildman–Crippen MR) is 193 cm³/mol. The molecule has 6 aromatic rings. The van der Waals surface area contributed by atoms with Crippen molar-refractivity contribution < 1.29 is 26.1 Å². The van der Waals surface area contributed by atoms with E-state index in [2.05, 4.69) is 14.9 Å². The van der Waals surface area contributed by atoms with Crippen LogP contribution in [0.25, 0.3) is 33.2 Å². The zero-order valence-corrected chi connectivity index (χ0v) is 30.4. The molecular weight excluding hydrogens is 721 g/mol. The molecule has 1 fully saturated rings. The van der Waals surface area contributed by atoms with E-state index in [0.29, 0.717) is 40.0 Å². The van der Waals surface area contributed by atoms with Crippen molar-refractivity contribution in [2.24, 2.45) is 5.92 Å². The zero-order chi connectivity index (χ0) is 36.4. The van der Waals surface area contributed by atoms with Crippen LogP contribution >= 0.6 is 22.9 Å². The van der Waals surface area contributed by atoms with Crippen molar-refractivity contribution in [3.05, 3.63) is 115 Å². The quantitative estimate of drug-likeness (QED) is 0.158. The first-order valence-electron chi connectivity index (χ1n) is 16.2. The van der Waals surface area contributed by atoms with E-state index in [-0.39, 0.29) is 49.7 Å². The maximum absolute atomic E-state index is 14.8. The molecule has 4 aromatic heterocycles. The summed E-state index contributed by atoms with van der Waals surface area (Å²) < 4.78 is 80.5. The number of thiophene rings is 1. The Kier molecular flexibility index (Phi) is 8.87. The summed E-state index contributed by atoms with van der Waals surface area (Å²) in [6, 6.07) is 16.5. The maximum Gasteiger partial charge on any atom is 0.434 e. The molecule has 0 unspecified atom stereocenters. The minimum absolute atomic E-state index is 0.0269. The highest BCUT2D eigenvalue weighted by Gasteiger charge is 2.38. The minimum atomic E-state index is -4.78. The Morgan fingerprint density at radius 2 is 1.73 bits per heavy atom. The number of rotatable bonds is 9. The zero-order valence-electron chi connectivity index (χ0n) is 28.0. The molecular formula is C37H32ClF3N4O4S2. The number of nitrogens with zero attached hydrogens (tertiary/aromatic N) is 3. The SMILES string of the molecule is Cc1cc(-c2ccc(Cn3c(=O)cc(-c4ccccc4C)c4c(C(F)(F)F)nc(CC5CC5)cc43)cc2Cl)c(S(=O)(=O)Nc2noc(C)c2C)s1. The van der Waals surface area contributed by atoms with Crippen LogP contribution in [0.15, 0.2) is 74.2 Å². The summed E-state index contributed by atoms with van der Waals surface area (Å²) in [6.07, 6.45) is -2.55. The molecule has 264 valence electrons. The predicted octanol–water partition coefficient (Wildman–Crippen LogP) is 9.49. The van der Waals surface area contributed by atoms with Crippen molar-refractivity contribution in [2.75, 3.05) is 4.72 Å². The summed E-state index contributed by atoms with van der Waals surface area (Å²) in [6.45, 7) is 6.85.